The predicted molar refractivity (Wildman–Crippen MR) is 51.2 cm³/mol. The first-order valence-corrected chi connectivity index (χ1v) is 4.89. The van der Waals surface area contributed by atoms with Crippen LogP contribution in [-0.4, -0.2) is 12.3 Å². The topological polar surface area (TPSA) is 21.6 Å². The molecule has 2 heteroatoms. The van der Waals surface area contributed by atoms with E-state index in [0.717, 1.165) is 13.0 Å². The number of nitrogens with zero attached hydrogens (tertiary/aromatic N) is 1. The van der Waals surface area contributed by atoms with Crippen molar-refractivity contribution < 1.29 is 4.84 Å². The lowest BCUT2D eigenvalue weighted by atomic mass is 10.1. The molecule has 1 rings (SSSR count). The van der Waals surface area contributed by atoms with Crippen molar-refractivity contribution in [2.24, 2.45) is 17.0 Å². The van der Waals surface area contributed by atoms with Crippen LogP contribution in [0.1, 0.15) is 40.0 Å². The summed E-state index contributed by atoms with van der Waals surface area (Å²) in [6.45, 7) is 7.25. The van der Waals surface area contributed by atoms with Gasteiger partial charge in [0.05, 0.1) is 5.71 Å². The van der Waals surface area contributed by atoms with Gasteiger partial charge in [-0.1, -0.05) is 25.9 Å². The Kier molecular flexibility index (Phi) is 3.57. The Labute approximate surface area is 75.0 Å². The van der Waals surface area contributed by atoms with Crippen molar-refractivity contribution in [3.8, 4) is 0 Å². The molecule has 1 saturated carbocycles. The molecule has 1 atom stereocenters. The van der Waals surface area contributed by atoms with Crippen molar-refractivity contribution in [1.29, 1.82) is 0 Å². The highest BCUT2D eigenvalue weighted by atomic mass is 16.6. The zero-order chi connectivity index (χ0) is 8.97. The molecule has 0 spiro atoms. The van der Waals surface area contributed by atoms with E-state index in [1.165, 1.54) is 18.6 Å². The summed E-state index contributed by atoms with van der Waals surface area (Å²) in [4.78, 5) is 5.24. The van der Waals surface area contributed by atoms with Crippen LogP contribution >= 0.6 is 0 Å². The van der Waals surface area contributed by atoms with Gasteiger partial charge in [0.15, 0.2) is 0 Å². The van der Waals surface area contributed by atoms with E-state index in [1.807, 2.05) is 0 Å². The molecule has 70 valence electrons. The van der Waals surface area contributed by atoms with Crippen molar-refractivity contribution in [2.45, 2.75) is 40.0 Å². The van der Waals surface area contributed by atoms with Gasteiger partial charge in [0.2, 0.25) is 0 Å². The Morgan fingerprint density at radius 3 is 2.83 bits per heavy atom. The Morgan fingerprint density at radius 1 is 1.58 bits per heavy atom. The van der Waals surface area contributed by atoms with E-state index in [0.29, 0.717) is 11.8 Å². The molecular weight excluding hydrogens is 150 g/mol. The van der Waals surface area contributed by atoms with Gasteiger partial charge < -0.3 is 4.84 Å². The standard InChI is InChI=1S/C10H19NO/c1-8(2)7-12-11-10-6-4-5-9(10)3/h8-9H,4-7H2,1-3H3/b11-10-. The highest BCUT2D eigenvalue weighted by Crippen LogP contribution is 2.21. The average Bonchev–Trinajstić information content (AvgIpc) is 2.36. The van der Waals surface area contributed by atoms with Gasteiger partial charge >= 0.3 is 0 Å². The lowest BCUT2D eigenvalue weighted by Gasteiger charge is -2.05. The second kappa shape index (κ2) is 4.48. The zero-order valence-corrected chi connectivity index (χ0v) is 8.34. The molecule has 0 saturated heterocycles. The quantitative estimate of drug-likeness (QED) is 0.595. The van der Waals surface area contributed by atoms with Crippen LogP contribution in [-0.2, 0) is 4.84 Å². The van der Waals surface area contributed by atoms with E-state index in [1.54, 1.807) is 0 Å². The minimum atomic E-state index is 0.575. The van der Waals surface area contributed by atoms with Gasteiger partial charge in [-0.3, -0.25) is 0 Å². The second-order valence-electron chi connectivity index (χ2n) is 4.07. The molecular formula is C10H19NO. The first kappa shape index (κ1) is 9.56. The van der Waals surface area contributed by atoms with E-state index >= 15 is 0 Å². The molecule has 0 aromatic rings. The molecule has 12 heavy (non-hydrogen) atoms. The van der Waals surface area contributed by atoms with Gasteiger partial charge in [-0.25, -0.2) is 0 Å². The third-order valence-electron chi connectivity index (χ3n) is 2.23. The first-order valence-electron chi connectivity index (χ1n) is 4.89. The summed E-state index contributed by atoms with van der Waals surface area (Å²) in [5.41, 5.74) is 1.26. The number of hydrogen-bond donors (Lipinski definition) is 0. The molecule has 1 fully saturated rings. The molecule has 0 bridgehead atoms. The second-order valence-corrected chi connectivity index (χ2v) is 4.07. The maximum atomic E-state index is 5.24. The molecule has 0 amide bonds. The summed E-state index contributed by atoms with van der Waals surface area (Å²) in [6, 6.07) is 0. The van der Waals surface area contributed by atoms with Gasteiger partial charge in [0, 0.05) is 0 Å². The summed E-state index contributed by atoms with van der Waals surface area (Å²) >= 11 is 0. The lowest BCUT2D eigenvalue weighted by molar-refractivity contribution is 0.117. The fourth-order valence-electron chi connectivity index (χ4n) is 1.41. The number of hydrogen-bond acceptors (Lipinski definition) is 2. The van der Waals surface area contributed by atoms with Crippen molar-refractivity contribution in [3.05, 3.63) is 0 Å². The molecule has 1 unspecified atom stereocenters. The van der Waals surface area contributed by atoms with Crippen LogP contribution in [0.4, 0.5) is 0 Å². The maximum Gasteiger partial charge on any atom is 0.119 e. The van der Waals surface area contributed by atoms with Gasteiger partial charge in [-0.2, -0.15) is 0 Å². The average molecular weight is 169 g/mol. The maximum absolute atomic E-state index is 5.24. The van der Waals surface area contributed by atoms with Crippen molar-refractivity contribution in [1.82, 2.24) is 0 Å². The molecule has 2 nitrogen and oxygen atoms in total. The SMILES string of the molecule is CC(C)CO/N=C1/CCCC1C. The normalized spacial score (nSPS) is 27.0. The summed E-state index contributed by atoms with van der Waals surface area (Å²) < 4.78 is 0. The molecule has 1 aliphatic rings. The van der Waals surface area contributed by atoms with Crippen molar-refractivity contribution in [3.63, 3.8) is 0 Å². The summed E-state index contributed by atoms with van der Waals surface area (Å²) in [6.07, 6.45) is 3.70. The van der Waals surface area contributed by atoms with Gasteiger partial charge in [0.25, 0.3) is 0 Å². The molecule has 0 heterocycles. The zero-order valence-electron chi connectivity index (χ0n) is 8.34. The van der Waals surface area contributed by atoms with E-state index in [-0.39, 0.29) is 0 Å². The highest BCUT2D eigenvalue weighted by Gasteiger charge is 2.18. The summed E-state index contributed by atoms with van der Waals surface area (Å²) in [5.74, 6) is 1.23. The fourth-order valence-corrected chi connectivity index (χ4v) is 1.41. The fraction of sp³-hybridized carbons (Fsp3) is 0.900. The molecule has 1 aliphatic carbocycles. The van der Waals surface area contributed by atoms with Gasteiger partial charge in [-0.15, -0.1) is 0 Å². The molecule has 0 aromatic carbocycles. The van der Waals surface area contributed by atoms with Crippen LogP contribution in [0.5, 0.6) is 0 Å². The van der Waals surface area contributed by atoms with Gasteiger partial charge in [-0.05, 0) is 31.1 Å². The summed E-state index contributed by atoms with van der Waals surface area (Å²) in [5, 5.41) is 4.16. The Bertz CT molecular complexity index is 163. The lowest BCUT2D eigenvalue weighted by Crippen LogP contribution is -2.05. The van der Waals surface area contributed by atoms with Crippen LogP contribution in [0.3, 0.4) is 0 Å². The van der Waals surface area contributed by atoms with Crippen LogP contribution in [0, 0.1) is 11.8 Å². The van der Waals surface area contributed by atoms with Crippen LogP contribution in [0.25, 0.3) is 0 Å². The minimum Gasteiger partial charge on any atom is -0.396 e. The molecule has 0 aromatic heterocycles. The predicted octanol–water partition coefficient (Wildman–Crippen LogP) is 2.84. The largest absolute Gasteiger partial charge is 0.396 e. The monoisotopic (exact) mass is 169 g/mol. The number of rotatable bonds is 3. The molecule has 0 radical (unpaired) electrons. The van der Waals surface area contributed by atoms with E-state index < -0.39 is 0 Å². The van der Waals surface area contributed by atoms with Crippen molar-refractivity contribution in [2.75, 3.05) is 6.61 Å². The number of oxime groups is 1. The smallest absolute Gasteiger partial charge is 0.119 e. The first-order chi connectivity index (χ1) is 5.70. The summed E-state index contributed by atoms with van der Waals surface area (Å²) in [7, 11) is 0. The van der Waals surface area contributed by atoms with Crippen LogP contribution in [0.15, 0.2) is 5.16 Å². The van der Waals surface area contributed by atoms with Crippen molar-refractivity contribution >= 4 is 5.71 Å². The Morgan fingerprint density at radius 2 is 2.33 bits per heavy atom. The minimum absolute atomic E-state index is 0.575. The third kappa shape index (κ3) is 2.84. The van der Waals surface area contributed by atoms with Crippen LogP contribution in [0.2, 0.25) is 0 Å². The van der Waals surface area contributed by atoms with Crippen LogP contribution < -0.4 is 0 Å². The van der Waals surface area contributed by atoms with E-state index in [9.17, 15) is 0 Å². The molecule has 0 N–H and O–H groups in total. The Balaban J connectivity index is 2.26. The third-order valence-corrected chi connectivity index (χ3v) is 2.23. The van der Waals surface area contributed by atoms with E-state index in [2.05, 4.69) is 25.9 Å². The van der Waals surface area contributed by atoms with E-state index in [4.69, 9.17) is 4.84 Å². The Hall–Kier alpha value is -0.530. The molecule has 0 aliphatic heterocycles. The van der Waals surface area contributed by atoms with Gasteiger partial charge in [0.1, 0.15) is 6.61 Å². The highest BCUT2D eigenvalue weighted by molar-refractivity contribution is 5.87.